The molecule has 72 valence electrons. The third-order valence-corrected chi connectivity index (χ3v) is 1.97. The zero-order valence-electron chi connectivity index (χ0n) is 7.57. The zero-order valence-corrected chi connectivity index (χ0v) is 7.57. The molecular formula is C10H9NO3. The van der Waals surface area contributed by atoms with Crippen LogP contribution >= 0.6 is 0 Å². The fraction of sp³-hybridized carbons (Fsp3) is 0.100. The lowest BCUT2D eigenvalue weighted by Gasteiger charge is -1.99. The van der Waals surface area contributed by atoms with Crippen molar-refractivity contribution in [1.82, 2.24) is 4.98 Å². The van der Waals surface area contributed by atoms with Crippen LogP contribution in [-0.2, 0) is 0 Å². The molecule has 1 heterocycles. The Morgan fingerprint density at radius 3 is 2.64 bits per heavy atom. The van der Waals surface area contributed by atoms with Gasteiger partial charge in [0, 0.05) is 0 Å². The van der Waals surface area contributed by atoms with Crippen molar-refractivity contribution in [3.63, 3.8) is 0 Å². The normalized spacial score (nSPS) is 10.4. The van der Waals surface area contributed by atoms with Gasteiger partial charge in [0.25, 0.3) is 0 Å². The lowest BCUT2D eigenvalue weighted by atomic mass is 10.1. The van der Waals surface area contributed by atoms with Gasteiger partial charge in [-0.3, -0.25) is 4.98 Å². The molecule has 0 aliphatic rings. The number of hydrogen-bond acceptors (Lipinski definition) is 3. The van der Waals surface area contributed by atoms with Gasteiger partial charge in [-0.15, -0.1) is 0 Å². The Bertz CT molecular complexity index is 510. The number of oxazole rings is 1. The van der Waals surface area contributed by atoms with Crippen LogP contribution in [0.15, 0.2) is 33.5 Å². The van der Waals surface area contributed by atoms with Gasteiger partial charge >= 0.3 is 5.76 Å². The molecule has 0 amide bonds. The molecule has 0 saturated heterocycles. The Hall–Kier alpha value is -1.97. The number of phenolic OH excluding ortho intramolecular Hbond substituents is 1. The molecule has 0 spiro atoms. The van der Waals surface area contributed by atoms with Gasteiger partial charge in [0.05, 0.1) is 11.3 Å². The Kier molecular flexibility index (Phi) is 1.89. The summed E-state index contributed by atoms with van der Waals surface area (Å²) in [4.78, 5) is 13.4. The molecule has 0 saturated carbocycles. The third kappa shape index (κ3) is 1.31. The van der Waals surface area contributed by atoms with Gasteiger partial charge in [0.2, 0.25) is 0 Å². The van der Waals surface area contributed by atoms with E-state index in [4.69, 9.17) is 4.42 Å². The van der Waals surface area contributed by atoms with E-state index in [9.17, 15) is 9.90 Å². The van der Waals surface area contributed by atoms with Gasteiger partial charge in [-0.2, -0.15) is 0 Å². The van der Waals surface area contributed by atoms with E-state index in [0.717, 1.165) is 0 Å². The van der Waals surface area contributed by atoms with E-state index in [2.05, 4.69) is 4.98 Å². The van der Waals surface area contributed by atoms with Crippen molar-refractivity contribution in [3.8, 4) is 17.1 Å². The number of H-pyrrole nitrogens is 1. The zero-order chi connectivity index (χ0) is 10.1. The van der Waals surface area contributed by atoms with Crippen LogP contribution in [0.5, 0.6) is 5.75 Å². The third-order valence-electron chi connectivity index (χ3n) is 1.97. The van der Waals surface area contributed by atoms with Crippen LogP contribution in [0.2, 0.25) is 0 Å². The minimum absolute atomic E-state index is 0.0957. The highest BCUT2D eigenvalue weighted by atomic mass is 16.4. The predicted octanol–water partition coefficient (Wildman–Crippen LogP) is 1.65. The monoisotopic (exact) mass is 191 g/mol. The maximum Gasteiger partial charge on any atom is 0.417 e. The van der Waals surface area contributed by atoms with E-state index < -0.39 is 5.76 Å². The molecule has 1 aromatic heterocycles. The van der Waals surface area contributed by atoms with E-state index in [1.54, 1.807) is 31.2 Å². The number of nitrogens with one attached hydrogen (secondary N) is 1. The predicted molar refractivity (Wildman–Crippen MR) is 51.2 cm³/mol. The second kappa shape index (κ2) is 3.06. The standard InChI is InChI=1S/C10H9NO3/c1-6-9(14-10(13)11-6)7-4-2-3-5-8(7)12/h2-5,12H,1H3,(H,11,13). The molecule has 0 unspecified atom stereocenters. The van der Waals surface area contributed by atoms with Crippen molar-refractivity contribution < 1.29 is 9.52 Å². The summed E-state index contributed by atoms with van der Waals surface area (Å²) in [5.41, 5.74) is 1.12. The Balaban J connectivity index is 2.66. The number of rotatable bonds is 1. The van der Waals surface area contributed by atoms with E-state index >= 15 is 0 Å². The highest BCUT2D eigenvalue weighted by molar-refractivity contribution is 5.66. The SMILES string of the molecule is Cc1[nH]c(=O)oc1-c1ccccc1O. The number of phenols is 1. The maximum atomic E-state index is 10.9. The summed E-state index contributed by atoms with van der Waals surface area (Å²) in [5.74, 6) is -0.0350. The topological polar surface area (TPSA) is 66.2 Å². The molecule has 2 aromatic rings. The van der Waals surface area contributed by atoms with Crippen molar-refractivity contribution in [2.45, 2.75) is 6.92 Å². The van der Waals surface area contributed by atoms with Crippen LogP contribution in [0, 0.1) is 6.92 Å². The average molecular weight is 191 g/mol. The minimum atomic E-state index is -0.513. The minimum Gasteiger partial charge on any atom is -0.507 e. The highest BCUT2D eigenvalue weighted by Crippen LogP contribution is 2.29. The molecule has 0 radical (unpaired) electrons. The number of hydrogen-bond donors (Lipinski definition) is 2. The van der Waals surface area contributed by atoms with E-state index in [-0.39, 0.29) is 5.75 Å². The van der Waals surface area contributed by atoms with Crippen molar-refractivity contribution in [1.29, 1.82) is 0 Å². The van der Waals surface area contributed by atoms with E-state index in [1.165, 1.54) is 0 Å². The van der Waals surface area contributed by atoms with Crippen LogP contribution in [0.25, 0.3) is 11.3 Å². The summed E-state index contributed by atoms with van der Waals surface area (Å²) >= 11 is 0. The maximum absolute atomic E-state index is 10.9. The first-order valence-electron chi connectivity index (χ1n) is 4.16. The van der Waals surface area contributed by atoms with Crippen molar-refractivity contribution >= 4 is 0 Å². The first kappa shape index (κ1) is 8.62. The Morgan fingerprint density at radius 1 is 1.36 bits per heavy atom. The molecule has 4 heteroatoms. The molecule has 0 atom stereocenters. The number of aromatic amines is 1. The molecule has 0 aliphatic carbocycles. The molecular weight excluding hydrogens is 182 g/mol. The van der Waals surface area contributed by atoms with Crippen LogP contribution in [0.1, 0.15) is 5.69 Å². The van der Waals surface area contributed by atoms with Gasteiger partial charge in [-0.25, -0.2) is 4.79 Å². The molecule has 1 aromatic carbocycles. The summed E-state index contributed by atoms with van der Waals surface area (Å²) in [6.45, 7) is 1.71. The van der Waals surface area contributed by atoms with E-state index in [1.807, 2.05) is 0 Å². The Labute approximate surface area is 79.8 Å². The van der Waals surface area contributed by atoms with Crippen molar-refractivity contribution in [2.75, 3.05) is 0 Å². The van der Waals surface area contributed by atoms with Crippen LogP contribution in [0.3, 0.4) is 0 Å². The molecule has 0 fully saturated rings. The van der Waals surface area contributed by atoms with Crippen molar-refractivity contribution in [2.24, 2.45) is 0 Å². The van der Waals surface area contributed by atoms with Gasteiger partial charge in [-0.1, -0.05) is 12.1 Å². The summed E-state index contributed by atoms with van der Waals surface area (Å²) in [6, 6.07) is 6.70. The largest absolute Gasteiger partial charge is 0.507 e. The quantitative estimate of drug-likeness (QED) is 0.720. The van der Waals surface area contributed by atoms with Crippen LogP contribution < -0.4 is 5.76 Å². The number of aromatic hydroxyl groups is 1. The molecule has 14 heavy (non-hydrogen) atoms. The first-order chi connectivity index (χ1) is 6.68. The summed E-state index contributed by atoms with van der Waals surface area (Å²) in [6.07, 6.45) is 0. The number of aromatic nitrogens is 1. The van der Waals surface area contributed by atoms with Gasteiger partial charge in [-0.05, 0) is 19.1 Å². The molecule has 4 nitrogen and oxygen atoms in total. The summed E-state index contributed by atoms with van der Waals surface area (Å²) in [5, 5.41) is 9.52. The lowest BCUT2D eigenvalue weighted by Crippen LogP contribution is -1.94. The molecule has 2 N–H and O–H groups in total. The number of benzene rings is 1. The van der Waals surface area contributed by atoms with Crippen LogP contribution in [0.4, 0.5) is 0 Å². The number of aryl methyl sites for hydroxylation is 1. The highest BCUT2D eigenvalue weighted by Gasteiger charge is 2.11. The second-order valence-corrected chi connectivity index (χ2v) is 2.99. The molecule has 0 bridgehead atoms. The lowest BCUT2D eigenvalue weighted by molar-refractivity contribution is 0.471. The van der Waals surface area contributed by atoms with E-state index in [0.29, 0.717) is 17.0 Å². The first-order valence-corrected chi connectivity index (χ1v) is 4.16. The summed E-state index contributed by atoms with van der Waals surface area (Å²) < 4.78 is 4.91. The molecule has 0 aliphatic heterocycles. The van der Waals surface area contributed by atoms with Gasteiger partial charge in [0.15, 0.2) is 5.76 Å². The molecule has 2 rings (SSSR count). The fourth-order valence-electron chi connectivity index (χ4n) is 1.33. The van der Waals surface area contributed by atoms with Gasteiger partial charge in [0.1, 0.15) is 5.75 Å². The van der Waals surface area contributed by atoms with Crippen molar-refractivity contribution in [3.05, 3.63) is 40.5 Å². The second-order valence-electron chi connectivity index (χ2n) is 2.99. The number of para-hydroxylation sites is 1. The fourth-order valence-corrected chi connectivity index (χ4v) is 1.33. The van der Waals surface area contributed by atoms with Crippen LogP contribution in [-0.4, -0.2) is 10.1 Å². The Morgan fingerprint density at radius 2 is 2.07 bits per heavy atom. The van der Waals surface area contributed by atoms with Gasteiger partial charge < -0.3 is 9.52 Å². The smallest absolute Gasteiger partial charge is 0.417 e. The summed E-state index contributed by atoms with van der Waals surface area (Å²) in [7, 11) is 0. The average Bonchev–Trinajstić information content (AvgIpc) is 2.46.